The summed E-state index contributed by atoms with van der Waals surface area (Å²) < 4.78 is 6.48. The first-order chi connectivity index (χ1) is 27.8. The summed E-state index contributed by atoms with van der Waals surface area (Å²) >= 11 is 0. The second-order valence-electron chi connectivity index (χ2n) is 15.0. The van der Waals surface area contributed by atoms with Gasteiger partial charge >= 0.3 is 0 Å². The Morgan fingerprint density at radius 3 is 1.68 bits per heavy atom. The van der Waals surface area contributed by atoms with Crippen molar-refractivity contribution in [2.24, 2.45) is 0 Å². The highest BCUT2D eigenvalue weighted by Crippen LogP contribution is 2.63. The number of hydrogen-bond donors (Lipinski definition) is 0. The maximum Gasteiger partial charge on any atom is 0.143 e. The van der Waals surface area contributed by atoms with Gasteiger partial charge in [-0.15, -0.1) is 0 Å². The third kappa shape index (κ3) is 4.30. The number of aromatic nitrogens is 1. The Balaban J connectivity index is 1.09. The summed E-state index contributed by atoms with van der Waals surface area (Å²) in [6.07, 6.45) is 0. The van der Waals surface area contributed by atoms with Gasteiger partial charge in [-0.2, -0.15) is 0 Å². The topological polar surface area (TPSA) is 26.0 Å². The molecular weight excluding hydrogens is 679 g/mol. The van der Waals surface area contributed by atoms with Crippen molar-refractivity contribution < 1.29 is 4.42 Å². The maximum atomic E-state index is 6.48. The molecule has 2 heteroatoms. The lowest BCUT2D eigenvalue weighted by molar-refractivity contribution is 0.670. The highest BCUT2D eigenvalue weighted by molar-refractivity contribution is 6.09. The van der Waals surface area contributed by atoms with E-state index in [0.29, 0.717) is 0 Å². The number of rotatable bonds is 4. The quantitative estimate of drug-likeness (QED) is 0.182. The molecule has 2 aliphatic rings. The largest absolute Gasteiger partial charge is 0.455 e. The summed E-state index contributed by atoms with van der Waals surface area (Å²) in [5, 5.41) is 2.25. The van der Waals surface area contributed by atoms with Crippen molar-refractivity contribution in [3.05, 3.63) is 222 Å². The van der Waals surface area contributed by atoms with Crippen LogP contribution in [0.4, 0.5) is 0 Å². The van der Waals surface area contributed by atoms with Crippen LogP contribution in [0.2, 0.25) is 0 Å². The van der Waals surface area contributed by atoms with Crippen LogP contribution in [0.5, 0.6) is 0 Å². The molecule has 0 N–H and O–H groups in total. The van der Waals surface area contributed by atoms with Crippen molar-refractivity contribution in [2.75, 3.05) is 0 Å². The molecule has 12 rings (SSSR count). The minimum Gasteiger partial charge on any atom is -0.455 e. The second kappa shape index (κ2) is 11.9. The van der Waals surface area contributed by atoms with E-state index in [0.717, 1.165) is 66.7 Å². The van der Waals surface area contributed by atoms with Gasteiger partial charge in [0.05, 0.1) is 16.8 Å². The zero-order valence-electron chi connectivity index (χ0n) is 30.4. The average molecular weight is 712 g/mol. The molecule has 0 saturated carbocycles. The van der Waals surface area contributed by atoms with E-state index in [1.54, 1.807) is 0 Å². The molecule has 0 atom stereocenters. The fourth-order valence-corrected chi connectivity index (χ4v) is 9.79. The van der Waals surface area contributed by atoms with Crippen LogP contribution >= 0.6 is 0 Å². The summed E-state index contributed by atoms with van der Waals surface area (Å²) in [5.74, 6) is 0. The normalized spacial score (nSPS) is 13.1. The van der Waals surface area contributed by atoms with Crippen LogP contribution in [0.15, 0.2) is 205 Å². The average Bonchev–Trinajstić information content (AvgIpc) is 3.91. The van der Waals surface area contributed by atoms with E-state index in [1.165, 1.54) is 44.5 Å². The minimum atomic E-state index is -0.416. The lowest BCUT2D eigenvalue weighted by Crippen LogP contribution is -2.25. The molecule has 56 heavy (non-hydrogen) atoms. The summed E-state index contributed by atoms with van der Waals surface area (Å²) in [6, 6.07) is 72.4. The van der Waals surface area contributed by atoms with Crippen LogP contribution in [0.1, 0.15) is 22.3 Å². The van der Waals surface area contributed by atoms with Gasteiger partial charge < -0.3 is 4.42 Å². The van der Waals surface area contributed by atoms with Crippen molar-refractivity contribution in [1.82, 2.24) is 4.98 Å². The molecule has 2 nitrogen and oxygen atoms in total. The highest BCUT2D eigenvalue weighted by Gasteiger charge is 2.52. The number of hydrogen-bond acceptors (Lipinski definition) is 2. The monoisotopic (exact) mass is 711 g/mol. The number of fused-ring (bicyclic) bond motifs is 13. The third-order valence-corrected chi connectivity index (χ3v) is 12.1. The van der Waals surface area contributed by atoms with Gasteiger partial charge in [0.15, 0.2) is 0 Å². The molecule has 0 radical (unpaired) electrons. The molecule has 0 bridgehead atoms. The first kappa shape index (κ1) is 31.1. The maximum absolute atomic E-state index is 6.48. The molecule has 2 aliphatic carbocycles. The summed E-state index contributed by atoms with van der Waals surface area (Å²) in [5.41, 5.74) is 20.3. The van der Waals surface area contributed by atoms with Gasteiger partial charge in [-0.3, -0.25) is 0 Å². The third-order valence-electron chi connectivity index (χ3n) is 12.1. The molecule has 2 heterocycles. The van der Waals surface area contributed by atoms with Crippen molar-refractivity contribution in [3.63, 3.8) is 0 Å². The van der Waals surface area contributed by atoms with Gasteiger partial charge in [-0.05, 0) is 85.5 Å². The molecule has 10 aromatic rings. The SMILES string of the molecule is c1ccc(-c2cc(-c3cccc(-c4cccc5c4oc4ccccc45)c3)nc(-c3cccc4c3-c3ccccc3C43c4ccccc4-c4ccccc43)c2)cc1. The van der Waals surface area contributed by atoms with Gasteiger partial charge in [0.2, 0.25) is 0 Å². The zero-order chi connectivity index (χ0) is 36.8. The van der Waals surface area contributed by atoms with E-state index in [2.05, 4.69) is 188 Å². The number of para-hydroxylation sites is 2. The molecule has 0 fully saturated rings. The predicted molar refractivity (Wildman–Crippen MR) is 230 cm³/mol. The van der Waals surface area contributed by atoms with Gasteiger partial charge in [0, 0.05) is 27.5 Å². The van der Waals surface area contributed by atoms with E-state index in [1.807, 2.05) is 12.1 Å². The van der Waals surface area contributed by atoms with Crippen LogP contribution in [-0.2, 0) is 5.41 Å². The first-order valence-electron chi connectivity index (χ1n) is 19.3. The van der Waals surface area contributed by atoms with Crippen LogP contribution in [-0.4, -0.2) is 4.98 Å². The minimum absolute atomic E-state index is 0.416. The molecule has 260 valence electrons. The second-order valence-corrected chi connectivity index (χ2v) is 15.0. The van der Waals surface area contributed by atoms with E-state index >= 15 is 0 Å². The number of furan rings is 1. The Hall–Kier alpha value is -7.29. The molecule has 8 aromatic carbocycles. The molecule has 2 aromatic heterocycles. The molecule has 1 spiro atoms. The molecule has 0 amide bonds. The van der Waals surface area contributed by atoms with Crippen LogP contribution < -0.4 is 0 Å². The lowest BCUT2D eigenvalue weighted by atomic mass is 9.70. The van der Waals surface area contributed by atoms with Crippen LogP contribution in [0, 0.1) is 0 Å². The Kier molecular flexibility index (Phi) is 6.58. The fraction of sp³-hybridized carbons (Fsp3) is 0.0185. The molecular formula is C54H33NO. The zero-order valence-corrected chi connectivity index (χ0v) is 30.4. The van der Waals surface area contributed by atoms with Crippen molar-refractivity contribution in [1.29, 1.82) is 0 Å². The van der Waals surface area contributed by atoms with Gasteiger partial charge in [0.1, 0.15) is 11.2 Å². The summed E-state index contributed by atoms with van der Waals surface area (Å²) in [6.45, 7) is 0. The van der Waals surface area contributed by atoms with E-state index in [-0.39, 0.29) is 0 Å². The van der Waals surface area contributed by atoms with E-state index in [4.69, 9.17) is 9.40 Å². The van der Waals surface area contributed by atoms with Gasteiger partial charge in [-0.1, -0.05) is 176 Å². The first-order valence-corrected chi connectivity index (χ1v) is 19.3. The summed E-state index contributed by atoms with van der Waals surface area (Å²) in [7, 11) is 0. The van der Waals surface area contributed by atoms with Gasteiger partial charge in [-0.25, -0.2) is 4.98 Å². The van der Waals surface area contributed by atoms with Crippen LogP contribution in [0.3, 0.4) is 0 Å². The smallest absolute Gasteiger partial charge is 0.143 e. The van der Waals surface area contributed by atoms with Crippen LogP contribution in [0.25, 0.3) is 89.0 Å². The van der Waals surface area contributed by atoms with Crippen molar-refractivity contribution in [3.8, 4) is 67.0 Å². The highest BCUT2D eigenvalue weighted by atomic mass is 16.3. The molecule has 0 aliphatic heterocycles. The summed E-state index contributed by atoms with van der Waals surface area (Å²) in [4.78, 5) is 5.56. The van der Waals surface area contributed by atoms with Gasteiger partial charge in [0.25, 0.3) is 0 Å². The molecule has 0 unspecified atom stereocenters. The predicted octanol–water partition coefficient (Wildman–Crippen LogP) is 14.0. The number of pyridine rings is 1. The lowest BCUT2D eigenvalue weighted by Gasteiger charge is -2.30. The molecule has 0 saturated heterocycles. The van der Waals surface area contributed by atoms with E-state index in [9.17, 15) is 0 Å². The Morgan fingerprint density at radius 1 is 0.339 bits per heavy atom. The fourth-order valence-electron chi connectivity index (χ4n) is 9.79. The standard InChI is InChI=1S/C54H33NO/c1-2-15-34(16-3-1)37-32-49(36-18-12-17-35(31-36)38-23-13-24-42-41-21-7-11-30-51(41)56-53(38)42)55-50(33-37)44-25-14-29-48-52(44)43-22-6-10-28-47(43)54(48)45-26-8-4-19-39(45)40-20-5-9-27-46(40)54/h1-33H. The van der Waals surface area contributed by atoms with Crippen molar-refractivity contribution in [2.45, 2.75) is 5.41 Å². The van der Waals surface area contributed by atoms with Crippen molar-refractivity contribution >= 4 is 21.9 Å². The Bertz CT molecular complexity index is 3160. The number of benzene rings is 8. The Morgan fingerprint density at radius 2 is 0.875 bits per heavy atom. The number of nitrogens with zero attached hydrogens (tertiary/aromatic N) is 1. The Labute approximate surface area is 325 Å². The van der Waals surface area contributed by atoms with E-state index < -0.39 is 5.41 Å².